The lowest BCUT2D eigenvalue weighted by molar-refractivity contribution is -0.185. The fourth-order valence-electron chi connectivity index (χ4n) is 5.53. The second-order valence-corrected chi connectivity index (χ2v) is 10.8. The number of ether oxygens (including phenoxy) is 1. The van der Waals surface area contributed by atoms with Gasteiger partial charge in [0.1, 0.15) is 11.5 Å². The number of esters is 1. The van der Waals surface area contributed by atoms with E-state index in [1.54, 1.807) is 10.9 Å². The Morgan fingerprint density at radius 1 is 1.26 bits per heavy atom. The number of hydrogen-bond acceptors (Lipinski definition) is 5. The summed E-state index contributed by atoms with van der Waals surface area (Å²) in [5.74, 6) is -1.00. The summed E-state index contributed by atoms with van der Waals surface area (Å²) in [6.07, 6.45) is 9.51. The fraction of sp³-hybridized carbons (Fsp3) is 0.556. The van der Waals surface area contributed by atoms with Crippen LogP contribution in [0.5, 0.6) is 0 Å². The predicted molar refractivity (Wildman–Crippen MR) is 129 cm³/mol. The zero-order valence-electron chi connectivity index (χ0n) is 20.1. The number of carbonyl (C=O) groups is 2. The molecule has 2 aliphatic rings. The molecular formula is C27H32ClN3O3. The van der Waals surface area contributed by atoms with E-state index in [-0.39, 0.29) is 18.1 Å². The lowest BCUT2D eigenvalue weighted by Crippen LogP contribution is -2.52. The van der Waals surface area contributed by atoms with Crippen LogP contribution < -0.4 is 0 Å². The maximum Gasteiger partial charge on any atom is 0.317 e. The first-order valence-electron chi connectivity index (χ1n) is 12.1. The summed E-state index contributed by atoms with van der Waals surface area (Å²) in [5.41, 5.74) is 1.24. The summed E-state index contributed by atoms with van der Waals surface area (Å²) in [6, 6.07) is 8.09. The first-order valence-corrected chi connectivity index (χ1v) is 12.4. The van der Waals surface area contributed by atoms with Gasteiger partial charge in [-0.1, -0.05) is 36.6 Å². The summed E-state index contributed by atoms with van der Waals surface area (Å²) >= 11 is 6.52. The fourth-order valence-corrected chi connectivity index (χ4v) is 5.97. The molecule has 1 aliphatic heterocycles. The third-order valence-corrected chi connectivity index (χ3v) is 7.88. The van der Waals surface area contributed by atoms with Crippen LogP contribution in [0.3, 0.4) is 0 Å². The van der Waals surface area contributed by atoms with Crippen molar-refractivity contribution in [3.05, 3.63) is 52.3 Å². The molecule has 2 atom stereocenters. The van der Waals surface area contributed by atoms with E-state index in [0.717, 1.165) is 42.4 Å². The van der Waals surface area contributed by atoms with Gasteiger partial charge in [-0.15, -0.1) is 0 Å². The Labute approximate surface area is 206 Å². The van der Waals surface area contributed by atoms with Crippen LogP contribution in [0.25, 0.3) is 0 Å². The first kappa shape index (κ1) is 24.5. The number of cyclic esters (lactones) is 1. The van der Waals surface area contributed by atoms with Crippen molar-refractivity contribution in [3.63, 3.8) is 0 Å². The molecule has 2 unspecified atom stereocenters. The number of aryl methyl sites for hydroxylation is 2. The maximum atomic E-state index is 13.3. The van der Waals surface area contributed by atoms with E-state index in [0.29, 0.717) is 24.3 Å². The molecule has 34 heavy (non-hydrogen) atoms. The number of halogens is 1. The molecule has 1 aliphatic carbocycles. The Hall–Kier alpha value is -2.65. The highest BCUT2D eigenvalue weighted by Crippen LogP contribution is 2.45. The number of benzene rings is 1. The maximum absolute atomic E-state index is 13.3. The minimum atomic E-state index is -0.763. The van der Waals surface area contributed by atoms with E-state index in [1.807, 2.05) is 45.3 Å². The highest BCUT2D eigenvalue weighted by Gasteiger charge is 2.51. The third-order valence-electron chi connectivity index (χ3n) is 7.57. The minimum Gasteiger partial charge on any atom is -0.458 e. The standard InChI is InChI=1S/C27H32ClN3O3/c1-26(2,17-29)22-9-8-18(13-23(22)28)10-11-27(20-6-4-5-7-20)14-24(32)21(25(33)34-27)12-19-15-30-31(3)16-19/h8-9,13,15-16,20-21H,4-7,10-12,14H2,1-3H3. The van der Waals surface area contributed by atoms with Gasteiger partial charge in [0.15, 0.2) is 5.78 Å². The molecule has 2 heterocycles. The second kappa shape index (κ2) is 9.54. The van der Waals surface area contributed by atoms with E-state index >= 15 is 0 Å². The van der Waals surface area contributed by atoms with E-state index in [1.165, 1.54) is 0 Å². The lowest BCUT2D eigenvalue weighted by Gasteiger charge is -2.43. The Balaban J connectivity index is 1.52. The quantitative estimate of drug-likeness (QED) is 0.405. The van der Waals surface area contributed by atoms with Crippen LogP contribution in [0, 0.1) is 23.2 Å². The third kappa shape index (κ3) is 4.90. The monoisotopic (exact) mass is 481 g/mol. The van der Waals surface area contributed by atoms with Crippen molar-refractivity contribution in [2.45, 2.75) is 76.2 Å². The smallest absolute Gasteiger partial charge is 0.317 e. The normalized spacial score (nSPS) is 23.7. The average Bonchev–Trinajstić information content (AvgIpc) is 3.47. The van der Waals surface area contributed by atoms with Crippen LogP contribution in [0.15, 0.2) is 30.6 Å². The molecule has 6 nitrogen and oxygen atoms in total. The van der Waals surface area contributed by atoms with Crippen LogP contribution in [-0.2, 0) is 39.6 Å². The Kier molecular flexibility index (Phi) is 6.87. The Bertz CT molecular complexity index is 1110. The van der Waals surface area contributed by atoms with Crippen molar-refractivity contribution in [2.24, 2.45) is 18.9 Å². The van der Waals surface area contributed by atoms with E-state index in [2.05, 4.69) is 11.2 Å². The van der Waals surface area contributed by atoms with Crippen LogP contribution >= 0.6 is 11.6 Å². The molecule has 1 aromatic carbocycles. The number of nitrogens with zero attached hydrogens (tertiary/aromatic N) is 3. The Morgan fingerprint density at radius 2 is 2.00 bits per heavy atom. The second-order valence-electron chi connectivity index (χ2n) is 10.4. The highest BCUT2D eigenvalue weighted by atomic mass is 35.5. The summed E-state index contributed by atoms with van der Waals surface area (Å²) in [6.45, 7) is 3.69. The predicted octanol–water partition coefficient (Wildman–Crippen LogP) is 5.11. The summed E-state index contributed by atoms with van der Waals surface area (Å²) in [4.78, 5) is 26.4. The van der Waals surface area contributed by atoms with Gasteiger partial charge in [-0.3, -0.25) is 14.3 Å². The van der Waals surface area contributed by atoms with Gasteiger partial charge in [0.2, 0.25) is 0 Å². The molecule has 0 N–H and O–H groups in total. The summed E-state index contributed by atoms with van der Waals surface area (Å²) in [7, 11) is 1.82. The van der Waals surface area contributed by atoms with Crippen LogP contribution in [0.2, 0.25) is 5.02 Å². The number of Topliss-reactive ketones (excluding diaryl/α,β-unsaturated/α-hetero) is 1. The topological polar surface area (TPSA) is 85.0 Å². The molecule has 7 heteroatoms. The number of hydrogen-bond donors (Lipinski definition) is 0. The molecule has 0 bridgehead atoms. The zero-order chi connectivity index (χ0) is 24.5. The number of ketones is 1. The molecule has 2 aromatic rings. The molecule has 1 saturated carbocycles. The molecule has 1 aromatic heterocycles. The van der Waals surface area contributed by atoms with E-state index < -0.39 is 22.9 Å². The molecule has 180 valence electrons. The van der Waals surface area contributed by atoms with Crippen LogP contribution in [-0.4, -0.2) is 27.1 Å². The van der Waals surface area contributed by atoms with Crippen molar-refractivity contribution in [3.8, 4) is 6.07 Å². The van der Waals surface area contributed by atoms with Gasteiger partial charge in [-0.2, -0.15) is 10.4 Å². The summed E-state index contributed by atoms with van der Waals surface area (Å²) in [5, 5.41) is 14.1. The number of rotatable bonds is 7. The molecule has 2 fully saturated rings. The molecule has 0 radical (unpaired) electrons. The molecule has 0 amide bonds. The van der Waals surface area contributed by atoms with E-state index in [9.17, 15) is 14.9 Å². The first-order chi connectivity index (χ1) is 16.1. The van der Waals surface area contributed by atoms with Gasteiger partial charge in [-0.05, 0) is 74.6 Å². The molecule has 0 spiro atoms. The van der Waals surface area contributed by atoms with Crippen molar-refractivity contribution >= 4 is 23.4 Å². The lowest BCUT2D eigenvalue weighted by atomic mass is 9.73. The SMILES string of the molecule is Cn1cc(CC2C(=O)CC(CCc3ccc(C(C)(C)C#N)c(Cl)c3)(C3CCCC3)OC2=O)cn1. The van der Waals surface area contributed by atoms with Gasteiger partial charge < -0.3 is 4.74 Å². The molecular weight excluding hydrogens is 450 g/mol. The number of nitriles is 1. The largest absolute Gasteiger partial charge is 0.458 e. The van der Waals surface area contributed by atoms with Gasteiger partial charge in [-0.25, -0.2) is 0 Å². The average molecular weight is 482 g/mol. The van der Waals surface area contributed by atoms with Crippen molar-refractivity contribution in [2.75, 3.05) is 0 Å². The Morgan fingerprint density at radius 3 is 2.59 bits per heavy atom. The van der Waals surface area contributed by atoms with Crippen molar-refractivity contribution < 1.29 is 14.3 Å². The minimum absolute atomic E-state index is 0.0313. The highest BCUT2D eigenvalue weighted by molar-refractivity contribution is 6.31. The number of aromatic nitrogens is 2. The van der Waals surface area contributed by atoms with Gasteiger partial charge in [0.05, 0.1) is 17.7 Å². The molecule has 1 saturated heterocycles. The zero-order valence-corrected chi connectivity index (χ0v) is 20.9. The molecule has 4 rings (SSSR count). The van der Waals surface area contributed by atoms with Gasteiger partial charge in [0.25, 0.3) is 0 Å². The van der Waals surface area contributed by atoms with E-state index in [4.69, 9.17) is 16.3 Å². The van der Waals surface area contributed by atoms with Crippen molar-refractivity contribution in [1.82, 2.24) is 9.78 Å². The van der Waals surface area contributed by atoms with Gasteiger partial charge in [0, 0.05) is 24.7 Å². The summed E-state index contributed by atoms with van der Waals surface area (Å²) < 4.78 is 7.88. The van der Waals surface area contributed by atoms with Crippen LogP contribution in [0.4, 0.5) is 0 Å². The number of carbonyl (C=O) groups excluding carboxylic acids is 2. The van der Waals surface area contributed by atoms with Gasteiger partial charge >= 0.3 is 5.97 Å². The van der Waals surface area contributed by atoms with Crippen LogP contribution in [0.1, 0.15) is 69.1 Å². The van der Waals surface area contributed by atoms with Crippen molar-refractivity contribution in [1.29, 1.82) is 5.26 Å².